The van der Waals surface area contributed by atoms with Crippen molar-refractivity contribution in [3.8, 4) is 0 Å². The Kier molecular flexibility index (Phi) is 4.34. The van der Waals surface area contributed by atoms with E-state index in [-0.39, 0.29) is 24.4 Å². The van der Waals surface area contributed by atoms with Crippen LogP contribution in [0.15, 0.2) is 18.2 Å². The Morgan fingerprint density at radius 3 is 2.62 bits per heavy atom. The van der Waals surface area contributed by atoms with Gasteiger partial charge >= 0.3 is 0 Å². The molecule has 0 atom stereocenters. The van der Waals surface area contributed by atoms with Gasteiger partial charge in [0.2, 0.25) is 10.0 Å². The maximum absolute atomic E-state index is 13.1. The summed E-state index contributed by atoms with van der Waals surface area (Å²) in [6.45, 7) is -0.313. The molecule has 90 valence electrons. The van der Waals surface area contributed by atoms with Crippen molar-refractivity contribution >= 4 is 10.0 Å². The van der Waals surface area contributed by atoms with Crippen molar-refractivity contribution in [1.29, 1.82) is 0 Å². The van der Waals surface area contributed by atoms with Crippen LogP contribution in [-0.4, -0.2) is 20.7 Å². The van der Waals surface area contributed by atoms with Crippen molar-refractivity contribution in [2.45, 2.75) is 6.54 Å². The molecule has 0 aromatic heterocycles. The maximum atomic E-state index is 13.1. The van der Waals surface area contributed by atoms with E-state index < -0.39 is 21.7 Å². The van der Waals surface area contributed by atoms with Crippen LogP contribution in [0.2, 0.25) is 0 Å². The summed E-state index contributed by atoms with van der Waals surface area (Å²) in [5.41, 5.74) is 5.04. The number of halogens is 2. The van der Waals surface area contributed by atoms with Crippen LogP contribution in [0.1, 0.15) is 5.56 Å². The number of hydrogen-bond donors (Lipinski definition) is 2. The molecule has 7 heteroatoms. The molecule has 16 heavy (non-hydrogen) atoms. The minimum absolute atomic E-state index is 0.0268. The van der Waals surface area contributed by atoms with Gasteiger partial charge in [-0.2, -0.15) is 0 Å². The molecule has 3 N–H and O–H groups in total. The lowest BCUT2D eigenvalue weighted by Gasteiger charge is -2.06. The van der Waals surface area contributed by atoms with Crippen LogP contribution in [0.3, 0.4) is 0 Å². The van der Waals surface area contributed by atoms with Gasteiger partial charge in [0, 0.05) is 18.7 Å². The second kappa shape index (κ2) is 5.33. The Labute approximate surface area is 92.5 Å². The first-order valence-corrected chi connectivity index (χ1v) is 6.21. The highest BCUT2D eigenvalue weighted by Gasteiger charge is 2.10. The molecule has 0 aliphatic heterocycles. The van der Waals surface area contributed by atoms with Gasteiger partial charge in [-0.25, -0.2) is 21.9 Å². The lowest BCUT2D eigenvalue weighted by atomic mass is 10.2. The maximum Gasteiger partial charge on any atom is 0.213 e. The van der Waals surface area contributed by atoms with Crippen molar-refractivity contribution in [1.82, 2.24) is 4.72 Å². The number of sulfonamides is 1. The van der Waals surface area contributed by atoms with Crippen LogP contribution < -0.4 is 10.5 Å². The normalized spacial score (nSPS) is 11.7. The van der Waals surface area contributed by atoms with Gasteiger partial charge in [-0.15, -0.1) is 0 Å². The lowest BCUT2D eigenvalue weighted by molar-refractivity contribution is 0.567. The summed E-state index contributed by atoms with van der Waals surface area (Å²) in [4.78, 5) is 0. The molecule has 0 unspecified atom stereocenters. The van der Waals surface area contributed by atoms with E-state index in [0.717, 1.165) is 18.2 Å². The van der Waals surface area contributed by atoms with Crippen molar-refractivity contribution < 1.29 is 17.2 Å². The van der Waals surface area contributed by atoms with E-state index in [4.69, 9.17) is 5.73 Å². The highest BCUT2D eigenvalue weighted by molar-refractivity contribution is 7.89. The molecule has 0 fully saturated rings. The standard InChI is InChI=1S/C9H12F2N2O2S/c10-8-1-2-9(11)7(5-8)6-13-16(14,15)4-3-12/h1-2,5,13H,3-4,6,12H2. The summed E-state index contributed by atoms with van der Waals surface area (Å²) in [7, 11) is -3.52. The van der Waals surface area contributed by atoms with Crippen molar-refractivity contribution in [3.05, 3.63) is 35.4 Å². The summed E-state index contributed by atoms with van der Waals surface area (Å²) in [5.74, 6) is -1.52. The first kappa shape index (κ1) is 13.0. The van der Waals surface area contributed by atoms with E-state index in [2.05, 4.69) is 4.72 Å². The third-order valence-electron chi connectivity index (χ3n) is 1.88. The lowest BCUT2D eigenvalue weighted by Crippen LogP contribution is -2.29. The third-order valence-corrected chi connectivity index (χ3v) is 3.23. The van der Waals surface area contributed by atoms with Gasteiger partial charge in [-0.1, -0.05) is 0 Å². The molecular formula is C9H12F2N2O2S. The molecular weight excluding hydrogens is 238 g/mol. The number of nitrogens with two attached hydrogens (primary N) is 1. The molecule has 4 nitrogen and oxygen atoms in total. The zero-order valence-electron chi connectivity index (χ0n) is 8.41. The third kappa shape index (κ3) is 3.84. The number of hydrogen-bond acceptors (Lipinski definition) is 3. The van der Waals surface area contributed by atoms with Crippen molar-refractivity contribution in [3.63, 3.8) is 0 Å². The summed E-state index contributed by atoms with van der Waals surface area (Å²) < 4.78 is 50.4. The largest absolute Gasteiger partial charge is 0.329 e. The Balaban J connectivity index is 2.71. The summed E-state index contributed by atoms with van der Waals surface area (Å²) in [6.07, 6.45) is 0. The topological polar surface area (TPSA) is 72.2 Å². The fraction of sp³-hybridized carbons (Fsp3) is 0.333. The van der Waals surface area contributed by atoms with Crippen LogP contribution in [0.4, 0.5) is 8.78 Å². The van der Waals surface area contributed by atoms with Gasteiger partial charge < -0.3 is 5.73 Å². The molecule has 0 heterocycles. The van der Waals surface area contributed by atoms with E-state index in [9.17, 15) is 17.2 Å². The zero-order chi connectivity index (χ0) is 12.2. The van der Waals surface area contributed by atoms with Crippen LogP contribution >= 0.6 is 0 Å². The molecule has 0 spiro atoms. The fourth-order valence-electron chi connectivity index (χ4n) is 1.09. The predicted molar refractivity (Wildman–Crippen MR) is 56.0 cm³/mol. The molecule has 0 saturated carbocycles. The number of benzene rings is 1. The molecule has 1 rings (SSSR count). The predicted octanol–water partition coefficient (Wildman–Crippen LogP) is 0.343. The second-order valence-corrected chi connectivity index (χ2v) is 5.09. The molecule has 0 bridgehead atoms. The SMILES string of the molecule is NCCS(=O)(=O)NCc1cc(F)ccc1F. The second-order valence-electron chi connectivity index (χ2n) is 3.16. The quantitative estimate of drug-likeness (QED) is 0.791. The average Bonchev–Trinajstić information content (AvgIpc) is 2.19. The van der Waals surface area contributed by atoms with Crippen LogP contribution in [-0.2, 0) is 16.6 Å². The van der Waals surface area contributed by atoms with E-state index in [1.54, 1.807) is 0 Å². The molecule has 0 aliphatic carbocycles. The molecule has 0 amide bonds. The van der Waals surface area contributed by atoms with Crippen molar-refractivity contribution in [2.24, 2.45) is 5.73 Å². The first-order valence-electron chi connectivity index (χ1n) is 4.56. The molecule has 0 aliphatic rings. The monoisotopic (exact) mass is 250 g/mol. The fourth-order valence-corrected chi connectivity index (χ4v) is 1.92. The Hall–Kier alpha value is -1.05. The van der Waals surface area contributed by atoms with E-state index in [1.165, 1.54) is 0 Å². The summed E-state index contributed by atoms with van der Waals surface area (Å²) in [6, 6.07) is 2.86. The minimum atomic E-state index is -3.52. The molecule has 1 aromatic rings. The number of rotatable bonds is 5. The van der Waals surface area contributed by atoms with Gasteiger partial charge in [0.05, 0.1) is 5.75 Å². The van der Waals surface area contributed by atoms with Crippen LogP contribution in [0.25, 0.3) is 0 Å². The van der Waals surface area contributed by atoms with Crippen LogP contribution in [0.5, 0.6) is 0 Å². The van der Waals surface area contributed by atoms with Gasteiger partial charge in [-0.3, -0.25) is 0 Å². The Bertz CT molecular complexity index is 463. The van der Waals surface area contributed by atoms with Gasteiger partial charge in [-0.05, 0) is 18.2 Å². The number of nitrogens with one attached hydrogen (secondary N) is 1. The molecule has 0 saturated heterocycles. The van der Waals surface area contributed by atoms with Gasteiger partial charge in [0.25, 0.3) is 0 Å². The van der Waals surface area contributed by atoms with Gasteiger partial charge in [0.1, 0.15) is 11.6 Å². The first-order chi connectivity index (χ1) is 7.44. The Morgan fingerprint density at radius 1 is 1.31 bits per heavy atom. The highest BCUT2D eigenvalue weighted by atomic mass is 32.2. The van der Waals surface area contributed by atoms with E-state index in [0.29, 0.717) is 0 Å². The summed E-state index contributed by atoms with van der Waals surface area (Å²) in [5, 5.41) is 0. The average molecular weight is 250 g/mol. The zero-order valence-corrected chi connectivity index (χ0v) is 9.23. The molecule has 0 radical (unpaired) electrons. The van der Waals surface area contributed by atoms with Crippen LogP contribution in [0, 0.1) is 11.6 Å². The van der Waals surface area contributed by atoms with Crippen molar-refractivity contribution in [2.75, 3.05) is 12.3 Å². The van der Waals surface area contributed by atoms with E-state index >= 15 is 0 Å². The highest BCUT2D eigenvalue weighted by Crippen LogP contribution is 2.09. The smallest absolute Gasteiger partial charge is 0.213 e. The summed E-state index contributed by atoms with van der Waals surface area (Å²) >= 11 is 0. The minimum Gasteiger partial charge on any atom is -0.329 e. The van der Waals surface area contributed by atoms with Gasteiger partial charge in [0.15, 0.2) is 0 Å². The molecule has 1 aromatic carbocycles. The Morgan fingerprint density at radius 2 is 2.00 bits per heavy atom. The van der Waals surface area contributed by atoms with E-state index in [1.807, 2.05) is 0 Å².